The minimum absolute atomic E-state index is 0.0712. The number of benzene rings is 2. The summed E-state index contributed by atoms with van der Waals surface area (Å²) in [5.74, 6) is 0.0422. The number of ether oxygens (including phenoxy) is 1. The Hall–Kier alpha value is -2.66. The first-order chi connectivity index (χ1) is 15.3. The Morgan fingerprint density at radius 1 is 1.19 bits per heavy atom. The molecule has 1 fully saturated rings. The number of amides is 1. The number of methoxy groups -OCH3 is 1. The number of carbonyl (C=O) groups is 1. The van der Waals surface area contributed by atoms with Crippen LogP contribution in [0.15, 0.2) is 51.8 Å². The summed E-state index contributed by atoms with van der Waals surface area (Å²) in [5, 5.41) is 11.0. The quantitative estimate of drug-likeness (QED) is 0.550. The zero-order chi connectivity index (χ0) is 22.9. The van der Waals surface area contributed by atoms with Crippen LogP contribution in [0.4, 0.5) is 6.01 Å². The van der Waals surface area contributed by atoms with Crippen LogP contribution in [0.25, 0.3) is 11.5 Å². The number of hydrogen-bond acceptors (Lipinski definition) is 7. The molecule has 1 amide bonds. The normalized spacial score (nSPS) is 16.8. The minimum atomic E-state index is -3.88. The third-order valence-corrected chi connectivity index (χ3v) is 7.47. The number of sulfonamides is 1. The van der Waals surface area contributed by atoms with Gasteiger partial charge in [0.2, 0.25) is 15.9 Å². The van der Waals surface area contributed by atoms with Gasteiger partial charge in [-0.1, -0.05) is 28.3 Å². The summed E-state index contributed by atoms with van der Waals surface area (Å²) in [6.45, 7) is 0.222. The Balaban J connectivity index is 1.52. The van der Waals surface area contributed by atoms with E-state index in [2.05, 4.69) is 15.5 Å². The number of halogens is 2. The average molecular weight is 497 g/mol. The Morgan fingerprint density at radius 3 is 2.66 bits per heavy atom. The first-order valence-corrected chi connectivity index (χ1v) is 11.7. The van der Waals surface area contributed by atoms with Gasteiger partial charge in [-0.25, -0.2) is 8.42 Å². The Labute approximate surface area is 194 Å². The van der Waals surface area contributed by atoms with Gasteiger partial charge in [0.05, 0.1) is 22.6 Å². The highest BCUT2D eigenvalue weighted by atomic mass is 35.5. The maximum Gasteiger partial charge on any atom is 0.322 e. The average Bonchev–Trinajstić information content (AvgIpc) is 3.46. The largest absolute Gasteiger partial charge is 0.497 e. The highest BCUT2D eigenvalue weighted by Crippen LogP contribution is 2.31. The van der Waals surface area contributed by atoms with Crippen LogP contribution in [-0.4, -0.2) is 48.5 Å². The summed E-state index contributed by atoms with van der Waals surface area (Å²) in [6.07, 6.45) is 0.906. The zero-order valence-electron chi connectivity index (χ0n) is 16.8. The highest BCUT2D eigenvalue weighted by molar-refractivity contribution is 7.89. The van der Waals surface area contributed by atoms with Crippen LogP contribution in [-0.2, 0) is 14.8 Å². The van der Waals surface area contributed by atoms with E-state index in [0.29, 0.717) is 34.2 Å². The van der Waals surface area contributed by atoms with E-state index in [9.17, 15) is 13.2 Å². The summed E-state index contributed by atoms with van der Waals surface area (Å²) < 4.78 is 37.9. The highest BCUT2D eigenvalue weighted by Gasteiger charge is 2.40. The summed E-state index contributed by atoms with van der Waals surface area (Å²) in [4.78, 5) is 12.9. The van der Waals surface area contributed by atoms with Crippen molar-refractivity contribution in [2.75, 3.05) is 19.0 Å². The molecule has 1 aromatic heterocycles. The van der Waals surface area contributed by atoms with Crippen LogP contribution >= 0.6 is 23.2 Å². The van der Waals surface area contributed by atoms with E-state index in [1.165, 1.54) is 23.5 Å². The van der Waals surface area contributed by atoms with E-state index in [0.717, 1.165) is 0 Å². The molecule has 0 bridgehead atoms. The molecular formula is C20H18Cl2N4O5S. The van der Waals surface area contributed by atoms with Gasteiger partial charge < -0.3 is 9.15 Å². The number of carbonyl (C=O) groups excluding carboxylic acids is 1. The third kappa shape index (κ3) is 4.44. The van der Waals surface area contributed by atoms with E-state index in [4.69, 9.17) is 32.4 Å². The predicted molar refractivity (Wildman–Crippen MR) is 118 cm³/mol. The molecule has 2 aromatic carbocycles. The molecule has 3 aromatic rings. The second-order valence-corrected chi connectivity index (χ2v) is 9.71. The molecule has 2 heterocycles. The van der Waals surface area contributed by atoms with Crippen LogP contribution < -0.4 is 10.1 Å². The fraction of sp³-hybridized carbons (Fsp3) is 0.250. The molecule has 4 rings (SSSR count). The lowest BCUT2D eigenvalue weighted by Gasteiger charge is -2.22. The molecule has 1 N–H and O–H groups in total. The van der Waals surface area contributed by atoms with Crippen molar-refractivity contribution in [3.05, 3.63) is 52.5 Å². The molecule has 9 nitrogen and oxygen atoms in total. The third-order valence-electron chi connectivity index (χ3n) is 4.99. The fourth-order valence-corrected chi connectivity index (χ4v) is 5.43. The Kier molecular flexibility index (Phi) is 6.38. The van der Waals surface area contributed by atoms with Crippen LogP contribution in [0.1, 0.15) is 12.8 Å². The maximum atomic E-state index is 13.1. The predicted octanol–water partition coefficient (Wildman–Crippen LogP) is 3.84. The molecule has 1 aliphatic heterocycles. The van der Waals surface area contributed by atoms with Crippen LogP contribution in [0, 0.1) is 0 Å². The Bertz CT molecular complexity index is 1250. The van der Waals surface area contributed by atoms with E-state index in [1.807, 2.05) is 0 Å². The lowest BCUT2D eigenvalue weighted by Crippen LogP contribution is -2.43. The summed E-state index contributed by atoms with van der Waals surface area (Å²) in [5.41, 5.74) is 0.414. The lowest BCUT2D eigenvalue weighted by molar-refractivity contribution is -0.119. The summed E-state index contributed by atoms with van der Waals surface area (Å²) in [7, 11) is -2.39. The molecule has 1 atom stereocenters. The van der Waals surface area contributed by atoms with Crippen LogP contribution in [0.5, 0.6) is 5.75 Å². The number of aromatic nitrogens is 2. The van der Waals surface area contributed by atoms with Crippen molar-refractivity contribution in [3.63, 3.8) is 0 Å². The van der Waals surface area contributed by atoms with Gasteiger partial charge in [-0.3, -0.25) is 10.1 Å². The first-order valence-electron chi connectivity index (χ1n) is 9.55. The second-order valence-electron chi connectivity index (χ2n) is 6.98. The standard InChI is InChI=1S/C20H18Cl2N4O5S/c1-30-13-5-7-14(8-6-13)32(28,29)26-10-2-3-17(26)18(27)23-20-25-24-19(31-20)15-11-12(21)4-9-16(15)22/h4-9,11,17H,2-3,10H2,1H3,(H,23,25,27). The number of nitrogens with one attached hydrogen (secondary N) is 1. The van der Waals surface area contributed by atoms with Crippen molar-refractivity contribution in [2.45, 2.75) is 23.8 Å². The topological polar surface area (TPSA) is 115 Å². The van der Waals surface area contributed by atoms with Gasteiger partial charge in [0, 0.05) is 11.6 Å². The molecule has 12 heteroatoms. The van der Waals surface area contributed by atoms with Crippen molar-refractivity contribution >= 4 is 45.1 Å². The number of anilines is 1. The Morgan fingerprint density at radius 2 is 1.94 bits per heavy atom. The van der Waals surface area contributed by atoms with E-state index in [1.54, 1.807) is 30.3 Å². The van der Waals surface area contributed by atoms with Gasteiger partial charge >= 0.3 is 6.01 Å². The van der Waals surface area contributed by atoms with Crippen molar-refractivity contribution in [2.24, 2.45) is 0 Å². The van der Waals surface area contributed by atoms with Crippen molar-refractivity contribution in [3.8, 4) is 17.2 Å². The monoisotopic (exact) mass is 496 g/mol. The summed E-state index contributed by atoms with van der Waals surface area (Å²) >= 11 is 12.1. The van der Waals surface area contributed by atoms with Crippen molar-refractivity contribution in [1.29, 1.82) is 0 Å². The molecule has 1 unspecified atom stereocenters. The molecular weight excluding hydrogens is 479 g/mol. The van der Waals surface area contributed by atoms with Gasteiger partial charge in [-0.2, -0.15) is 4.31 Å². The van der Waals surface area contributed by atoms with E-state index in [-0.39, 0.29) is 23.3 Å². The van der Waals surface area contributed by atoms with Gasteiger partial charge in [0.15, 0.2) is 0 Å². The van der Waals surface area contributed by atoms with Crippen LogP contribution in [0.2, 0.25) is 10.0 Å². The summed E-state index contributed by atoms with van der Waals surface area (Å²) in [6, 6.07) is 9.68. The number of rotatable bonds is 6. The molecule has 1 aliphatic rings. The molecule has 0 saturated carbocycles. The molecule has 0 spiro atoms. The smallest absolute Gasteiger partial charge is 0.322 e. The van der Waals surface area contributed by atoms with Gasteiger partial charge in [-0.15, -0.1) is 5.10 Å². The van der Waals surface area contributed by atoms with Gasteiger partial charge in [-0.05, 0) is 55.3 Å². The fourth-order valence-electron chi connectivity index (χ4n) is 3.41. The van der Waals surface area contributed by atoms with E-state index < -0.39 is 22.0 Å². The van der Waals surface area contributed by atoms with Crippen molar-refractivity contribution in [1.82, 2.24) is 14.5 Å². The minimum Gasteiger partial charge on any atom is -0.497 e. The van der Waals surface area contributed by atoms with Crippen LogP contribution in [0.3, 0.4) is 0 Å². The number of hydrogen-bond donors (Lipinski definition) is 1. The molecule has 168 valence electrons. The van der Waals surface area contributed by atoms with E-state index >= 15 is 0 Å². The maximum absolute atomic E-state index is 13.1. The SMILES string of the molecule is COc1ccc(S(=O)(=O)N2CCCC2C(=O)Nc2nnc(-c3cc(Cl)ccc3Cl)o2)cc1. The lowest BCUT2D eigenvalue weighted by atomic mass is 10.2. The van der Waals surface area contributed by atoms with Gasteiger partial charge in [0.25, 0.3) is 5.89 Å². The molecule has 0 radical (unpaired) electrons. The first kappa shape index (κ1) is 22.5. The van der Waals surface area contributed by atoms with Gasteiger partial charge in [0.1, 0.15) is 11.8 Å². The second kappa shape index (κ2) is 9.07. The number of nitrogens with zero attached hydrogens (tertiary/aromatic N) is 3. The zero-order valence-corrected chi connectivity index (χ0v) is 19.1. The molecule has 0 aliphatic carbocycles. The molecule has 32 heavy (non-hydrogen) atoms. The van der Waals surface area contributed by atoms with Crippen molar-refractivity contribution < 1.29 is 22.4 Å². The molecule has 1 saturated heterocycles.